The molecule has 0 aromatic heterocycles. The summed E-state index contributed by atoms with van der Waals surface area (Å²) in [5.41, 5.74) is 0.947. The van der Waals surface area contributed by atoms with Crippen LogP contribution in [0.1, 0.15) is 12.5 Å². The van der Waals surface area contributed by atoms with Crippen LogP contribution in [0.15, 0.2) is 59.1 Å². The molecule has 2 aliphatic rings. The van der Waals surface area contributed by atoms with Gasteiger partial charge in [0.25, 0.3) is 5.91 Å². The number of anilines is 1. The monoisotopic (exact) mass is 442 g/mol. The molecular formula is C21H23BrN4O2. The zero-order valence-corrected chi connectivity index (χ0v) is 17.4. The lowest BCUT2D eigenvalue weighted by Crippen LogP contribution is -2.51. The molecule has 2 aromatic rings. The Labute approximate surface area is 173 Å². The first-order valence-electron chi connectivity index (χ1n) is 9.40. The van der Waals surface area contributed by atoms with E-state index < -0.39 is 5.54 Å². The summed E-state index contributed by atoms with van der Waals surface area (Å²) in [5.74, 6) is -0.207. The third kappa shape index (κ3) is 3.52. The highest BCUT2D eigenvalue weighted by molar-refractivity contribution is 9.10. The molecule has 1 atom stereocenters. The predicted octanol–water partition coefficient (Wildman–Crippen LogP) is 3.00. The molecule has 2 saturated heterocycles. The van der Waals surface area contributed by atoms with E-state index in [0.29, 0.717) is 6.67 Å². The van der Waals surface area contributed by atoms with E-state index in [-0.39, 0.29) is 11.9 Å². The summed E-state index contributed by atoms with van der Waals surface area (Å²) in [6.07, 6.45) is 0. The molecule has 0 spiro atoms. The first-order chi connectivity index (χ1) is 13.5. The Morgan fingerprint density at radius 3 is 2.39 bits per heavy atom. The van der Waals surface area contributed by atoms with Crippen LogP contribution in [0.5, 0.6) is 0 Å². The minimum Gasteiger partial charge on any atom is -0.369 e. The van der Waals surface area contributed by atoms with Crippen LogP contribution in [-0.4, -0.2) is 54.6 Å². The fourth-order valence-electron chi connectivity index (χ4n) is 3.81. The number of rotatable bonds is 4. The number of benzene rings is 2. The highest BCUT2D eigenvalue weighted by Crippen LogP contribution is 2.30. The molecule has 28 heavy (non-hydrogen) atoms. The lowest BCUT2D eigenvalue weighted by Gasteiger charge is -2.37. The Balaban J connectivity index is 1.42. The Hall–Kier alpha value is -2.38. The molecule has 2 aromatic carbocycles. The summed E-state index contributed by atoms with van der Waals surface area (Å²) < 4.78 is 0.878. The lowest BCUT2D eigenvalue weighted by molar-refractivity contribution is -0.132. The molecule has 3 amide bonds. The molecule has 0 aliphatic carbocycles. The molecule has 7 heteroatoms. The molecule has 146 valence electrons. The average molecular weight is 443 g/mol. The number of nitrogens with one attached hydrogen (secondary N) is 1. The van der Waals surface area contributed by atoms with Crippen LogP contribution in [0.4, 0.5) is 10.5 Å². The summed E-state index contributed by atoms with van der Waals surface area (Å²) in [4.78, 5) is 31.5. The van der Waals surface area contributed by atoms with Crippen LogP contribution in [0.25, 0.3) is 0 Å². The maximum Gasteiger partial charge on any atom is 0.326 e. The van der Waals surface area contributed by atoms with Crippen molar-refractivity contribution >= 4 is 33.6 Å². The number of hydrogen-bond donors (Lipinski definition) is 1. The number of halogens is 1. The zero-order chi connectivity index (χ0) is 19.7. The van der Waals surface area contributed by atoms with Crippen LogP contribution in [0.2, 0.25) is 0 Å². The van der Waals surface area contributed by atoms with Gasteiger partial charge in [0, 0.05) is 36.3 Å². The molecule has 0 bridgehead atoms. The molecule has 2 aliphatic heterocycles. The van der Waals surface area contributed by atoms with E-state index in [1.165, 1.54) is 10.6 Å². The topological polar surface area (TPSA) is 55.9 Å². The van der Waals surface area contributed by atoms with E-state index in [0.717, 1.165) is 36.2 Å². The summed E-state index contributed by atoms with van der Waals surface area (Å²) >= 11 is 3.44. The fraction of sp³-hybridized carbons (Fsp3) is 0.333. The summed E-state index contributed by atoms with van der Waals surface area (Å²) in [6, 6.07) is 17.5. The van der Waals surface area contributed by atoms with Crippen LogP contribution in [0, 0.1) is 0 Å². The Morgan fingerprint density at radius 2 is 1.71 bits per heavy atom. The number of para-hydroxylation sites is 1. The second kappa shape index (κ2) is 7.56. The Kier molecular flexibility index (Phi) is 5.12. The summed E-state index contributed by atoms with van der Waals surface area (Å²) in [6.45, 7) is 5.44. The average Bonchev–Trinajstić information content (AvgIpc) is 2.93. The van der Waals surface area contributed by atoms with Crippen molar-refractivity contribution in [3.63, 3.8) is 0 Å². The van der Waals surface area contributed by atoms with E-state index in [1.807, 2.05) is 42.5 Å². The second-order valence-corrected chi connectivity index (χ2v) is 8.30. The molecule has 1 N–H and O–H groups in total. The number of amides is 3. The molecule has 2 heterocycles. The number of urea groups is 1. The molecule has 6 nitrogen and oxygen atoms in total. The number of nitrogens with zero attached hydrogens (tertiary/aromatic N) is 3. The highest BCUT2D eigenvalue weighted by atomic mass is 79.9. The van der Waals surface area contributed by atoms with Crippen molar-refractivity contribution in [2.45, 2.75) is 12.5 Å². The van der Waals surface area contributed by atoms with Gasteiger partial charge in [-0.05, 0) is 36.8 Å². The predicted molar refractivity (Wildman–Crippen MR) is 112 cm³/mol. The van der Waals surface area contributed by atoms with Gasteiger partial charge >= 0.3 is 6.03 Å². The number of piperazine rings is 1. The van der Waals surface area contributed by atoms with Crippen molar-refractivity contribution in [2.24, 2.45) is 0 Å². The first-order valence-corrected chi connectivity index (χ1v) is 10.2. The molecule has 0 saturated carbocycles. The van der Waals surface area contributed by atoms with Crippen LogP contribution >= 0.6 is 15.9 Å². The minimum atomic E-state index is -1.03. The molecule has 2 fully saturated rings. The number of carbonyl (C=O) groups excluding carboxylic acids is 2. The summed E-state index contributed by atoms with van der Waals surface area (Å²) in [5, 5.41) is 2.88. The van der Waals surface area contributed by atoms with Crippen molar-refractivity contribution in [3.05, 3.63) is 64.6 Å². The normalized spacial score (nSPS) is 23.2. The van der Waals surface area contributed by atoms with Gasteiger partial charge in [0.05, 0.1) is 6.67 Å². The maximum atomic E-state index is 13.1. The van der Waals surface area contributed by atoms with Gasteiger partial charge < -0.3 is 10.2 Å². The molecule has 0 radical (unpaired) electrons. The highest BCUT2D eigenvalue weighted by Gasteiger charge is 2.49. The number of imide groups is 1. The standard InChI is InChI=1S/C21H23BrN4O2/c1-21(16-6-5-7-17(22)14-16)19(27)26(20(28)23-21)15-24-10-12-25(13-11-24)18-8-3-2-4-9-18/h2-9,14H,10-13,15H2,1H3,(H,23,28)/t21-/m0/s1. The van der Waals surface area contributed by atoms with Gasteiger partial charge in [-0.15, -0.1) is 0 Å². The van der Waals surface area contributed by atoms with Crippen molar-refractivity contribution < 1.29 is 9.59 Å². The third-order valence-electron chi connectivity index (χ3n) is 5.51. The fourth-order valence-corrected chi connectivity index (χ4v) is 4.21. The van der Waals surface area contributed by atoms with Gasteiger partial charge in [-0.25, -0.2) is 9.69 Å². The Bertz CT molecular complexity index is 883. The van der Waals surface area contributed by atoms with Crippen molar-refractivity contribution in [2.75, 3.05) is 37.7 Å². The molecule has 4 rings (SSSR count). The number of carbonyl (C=O) groups is 2. The van der Waals surface area contributed by atoms with E-state index in [1.54, 1.807) is 6.92 Å². The lowest BCUT2D eigenvalue weighted by atomic mass is 9.92. The van der Waals surface area contributed by atoms with Gasteiger partial charge in [0.1, 0.15) is 5.54 Å². The van der Waals surface area contributed by atoms with Crippen molar-refractivity contribution in [3.8, 4) is 0 Å². The summed E-state index contributed by atoms with van der Waals surface area (Å²) in [7, 11) is 0. The van der Waals surface area contributed by atoms with Gasteiger partial charge in [0.2, 0.25) is 0 Å². The number of hydrogen-bond acceptors (Lipinski definition) is 4. The van der Waals surface area contributed by atoms with E-state index in [4.69, 9.17) is 0 Å². The third-order valence-corrected chi connectivity index (χ3v) is 6.01. The largest absolute Gasteiger partial charge is 0.369 e. The maximum absolute atomic E-state index is 13.1. The first kappa shape index (κ1) is 19.0. The second-order valence-electron chi connectivity index (χ2n) is 7.38. The van der Waals surface area contributed by atoms with Gasteiger partial charge in [0.15, 0.2) is 0 Å². The van der Waals surface area contributed by atoms with E-state index in [2.05, 4.69) is 43.2 Å². The van der Waals surface area contributed by atoms with Crippen molar-refractivity contribution in [1.82, 2.24) is 15.1 Å². The van der Waals surface area contributed by atoms with Crippen LogP contribution < -0.4 is 10.2 Å². The molecular weight excluding hydrogens is 420 g/mol. The van der Waals surface area contributed by atoms with Crippen LogP contribution in [-0.2, 0) is 10.3 Å². The van der Waals surface area contributed by atoms with E-state index in [9.17, 15) is 9.59 Å². The van der Waals surface area contributed by atoms with Gasteiger partial charge in [-0.1, -0.05) is 46.3 Å². The smallest absolute Gasteiger partial charge is 0.326 e. The van der Waals surface area contributed by atoms with Gasteiger partial charge in [-0.2, -0.15) is 0 Å². The van der Waals surface area contributed by atoms with E-state index >= 15 is 0 Å². The van der Waals surface area contributed by atoms with Gasteiger partial charge in [-0.3, -0.25) is 9.69 Å². The SMILES string of the molecule is C[C@@]1(c2cccc(Br)c2)NC(=O)N(CN2CCN(c3ccccc3)CC2)C1=O. The molecule has 0 unspecified atom stereocenters. The Morgan fingerprint density at radius 1 is 1.00 bits per heavy atom. The minimum absolute atomic E-state index is 0.207. The zero-order valence-electron chi connectivity index (χ0n) is 15.8. The quantitative estimate of drug-likeness (QED) is 0.739. The van der Waals surface area contributed by atoms with Crippen LogP contribution in [0.3, 0.4) is 0 Å². The van der Waals surface area contributed by atoms with Crippen molar-refractivity contribution in [1.29, 1.82) is 0 Å².